The van der Waals surface area contributed by atoms with Crippen LogP contribution in [0.25, 0.3) is 16.6 Å². The highest BCUT2D eigenvalue weighted by atomic mass is 19.4. The lowest BCUT2D eigenvalue weighted by Gasteiger charge is -2.57. The fourth-order valence-corrected chi connectivity index (χ4v) is 6.27. The molecule has 2 amide bonds. The number of primary amides is 1. The molecule has 2 aromatic heterocycles. The molecular weight excluding hydrogens is 617 g/mol. The molecule has 2 aliphatic carbocycles. The first-order valence-electron chi connectivity index (χ1n) is 15.2. The zero-order chi connectivity index (χ0) is 33.6. The van der Waals surface area contributed by atoms with Crippen molar-refractivity contribution in [2.24, 2.45) is 11.1 Å². The third-order valence-corrected chi connectivity index (χ3v) is 8.45. The molecule has 2 fully saturated rings. The largest absolute Gasteiger partial charge is 0.490 e. The molecule has 10 nitrogen and oxygen atoms in total. The van der Waals surface area contributed by atoms with Gasteiger partial charge >= 0.3 is 6.18 Å². The van der Waals surface area contributed by atoms with E-state index in [1.54, 1.807) is 67.0 Å². The van der Waals surface area contributed by atoms with Crippen LogP contribution in [-0.4, -0.2) is 63.7 Å². The van der Waals surface area contributed by atoms with Gasteiger partial charge in [0.05, 0.1) is 40.7 Å². The van der Waals surface area contributed by atoms with Gasteiger partial charge in [0.15, 0.2) is 6.61 Å². The van der Waals surface area contributed by atoms with Gasteiger partial charge in [0, 0.05) is 6.04 Å². The molecule has 2 saturated carbocycles. The second kappa shape index (κ2) is 12.1. The molecule has 0 saturated heterocycles. The third kappa shape index (κ3) is 7.46. The average molecular weight is 653 g/mol. The summed E-state index contributed by atoms with van der Waals surface area (Å²) < 4.78 is 56.1. The van der Waals surface area contributed by atoms with Crippen LogP contribution in [0.2, 0.25) is 0 Å². The Kier molecular flexibility index (Phi) is 8.29. The van der Waals surface area contributed by atoms with Gasteiger partial charge in [-0.15, -0.1) is 0 Å². The second-order valence-corrected chi connectivity index (χ2v) is 13.1. The summed E-state index contributed by atoms with van der Waals surface area (Å²) in [6.45, 7) is 2.01. The summed E-state index contributed by atoms with van der Waals surface area (Å²) in [5, 5.41) is 17.3. The zero-order valence-electron chi connectivity index (χ0n) is 25.8. The summed E-state index contributed by atoms with van der Waals surface area (Å²) in [7, 11) is 0. The quantitative estimate of drug-likeness (QED) is 0.200. The molecule has 6 rings (SSSR count). The van der Waals surface area contributed by atoms with Crippen LogP contribution in [0.5, 0.6) is 17.2 Å². The lowest BCUT2D eigenvalue weighted by atomic mass is 9.53. The Morgan fingerprint density at radius 2 is 1.70 bits per heavy atom. The Hall–Kier alpha value is -4.78. The molecular formula is C34H35F3N4O6. The SMILES string of the molecule is CC(C)(O)COc1ccc2c(C(=O)NC3CC4(C3)CC(Oc3cc(-c5cccc(OCC(F)(F)F)c5)ccc3C(N)=O)C4)cnn2c1. The maximum absolute atomic E-state index is 13.1. The molecule has 2 heterocycles. The molecule has 2 aromatic carbocycles. The highest BCUT2D eigenvalue weighted by Gasteiger charge is 2.54. The monoisotopic (exact) mass is 652 g/mol. The minimum atomic E-state index is -4.46. The Labute approximate surface area is 268 Å². The van der Waals surface area contributed by atoms with Crippen LogP contribution in [0.3, 0.4) is 0 Å². The van der Waals surface area contributed by atoms with Crippen LogP contribution in [0, 0.1) is 5.41 Å². The van der Waals surface area contributed by atoms with Crippen LogP contribution in [0.15, 0.2) is 67.0 Å². The number of nitrogens with zero attached hydrogens (tertiary/aromatic N) is 2. The smallest absolute Gasteiger partial charge is 0.422 e. The highest BCUT2D eigenvalue weighted by molar-refractivity contribution is 6.01. The van der Waals surface area contributed by atoms with Crippen LogP contribution >= 0.6 is 0 Å². The molecule has 2 aliphatic rings. The number of fused-ring (bicyclic) bond motifs is 1. The van der Waals surface area contributed by atoms with E-state index in [2.05, 4.69) is 10.4 Å². The molecule has 248 valence electrons. The van der Waals surface area contributed by atoms with E-state index in [9.17, 15) is 27.9 Å². The van der Waals surface area contributed by atoms with E-state index in [-0.39, 0.29) is 41.4 Å². The van der Waals surface area contributed by atoms with Gasteiger partial charge in [-0.2, -0.15) is 18.3 Å². The van der Waals surface area contributed by atoms with Crippen LogP contribution in [0.4, 0.5) is 13.2 Å². The number of amides is 2. The maximum atomic E-state index is 13.1. The standard InChI is InChI=1S/C34H35F3N4O6/c1-32(2,44)18-45-24-7-9-28-27(16-39-41(28)17-24)31(43)40-22-12-33(13-22)14-25(15-33)47-29-11-21(6-8-26(29)30(38)42)20-4-3-5-23(10-20)46-19-34(35,36)37/h3-11,16-17,22,25,44H,12-15,18-19H2,1-2H3,(H2,38,42)(H,40,43). The number of pyridine rings is 1. The number of rotatable bonds is 11. The number of ether oxygens (including phenoxy) is 3. The number of halogens is 3. The molecule has 47 heavy (non-hydrogen) atoms. The number of benzene rings is 2. The summed E-state index contributed by atoms with van der Waals surface area (Å²) >= 11 is 0. The fraction of sp³-hybridized carbons (Fsp3) is 0.382. The van der Waals surface area contributed by atoms with Crippen LogP contribution < -0.4 is 25.3 Å². The number of carbonyl (C=O) groups is 2. The molecule has 0 radical (unpaired) electrons. The van der Waals surface area contributed by atoms with Crippen molar-refractivity contribution in [1.82, 2.24) is 14.9 Å². The number of carbonyl (C=O) groups excluding carboxylic acids is 2. The van der Waals surface area contributed by atoms with E-state index >= 15 is 0 Å². The van der Waals surface area contributed by atoms with Crippen LogP contribution in [-0.2, 0) is 0 Å². The van der Waals surface area contributed by atoms with E-state index in [1.165, 1.54) is 18.3 Å². The first-order valence-corrected chi connectivity index (χ1v) is 15.2. The Morgan fingerprint density at radius 1 is 0.979 bits per heavy atom. The van der Waals surface area contributed by atoms with Crippen molar-refractivity contribution in [2.45, 2.75) is 63.5 Å². The van der Waals surface area contributed by atoms with Gasteiger partial charge in [-0.1, -0.05) is 18.2 Å². The number of nitrogens with one attached hydrogen (secondary N) is 1. The predicted octanol–water partition coefficient (Wildman–Crippen LogP) is 5.31. The summed E-state index contributed by atoms with van der Waals surface area (Å²) in [5.41, 5.74) is 7.18. The molecule has 4 aromatic rings. The lowest BCUT2D eigenvalue weighted by Crippen LogP contribution is -2.58. The Balaban J connectivity index is 1.04. The Bertz CT molecular complexity index is 1800. The summed E-state index contributed by atoms with van der Waals surface area (Å²) in [6, 6.07) is 14.6. The number of hydrogen-bond acceptors (Lipinski definition) is 7. The zero-order valence-corrected chi connectivity index (χ0v) is 25.8. The van der Waals surface area contributed by atoms with E-state index in [0.717, 1.165) is 25.7 Å². The topological polar surface area (TPSA) is 137 Å². The van der Waals surface area contributed by atoms with E-state index in [1.807, 2.05) is 0 Å². The second-order valence-electron chi connectivity index (χ2n) is 13.1. The molecule has 13 heteroatoms. The minimum absolute atomic E-state index is 0.00383. The molecule has 1 spiro atoms. The van der Waals surface area contributed by atoms with Gasteiger partial charge in [0.25, 0.3) is 11.8 Å². The summed E-state index contributed by atoms with van der Waals surface area (Å²) in [4.78, 5) is 25.2. The van der Waals surface area contributed by atoms with Crippen LogP contribution in [0.1, 0.15) is 60.2 Å². The van der Waals surface area contributed by atoms with Crippen molar-refractivity contribution in [3.05, 3.63) is 78.1 Å². The van der Waals surface area contributed by atoms with Gasteiger partial charge in [0.2, 0.25) is 0 Å². The fourth-order valence-electron chi connectivity index (χ4n) is 6.27. The molecule has 0 atom stereocenters. The van der Waals surface area contributed by atoms with E-state index in [4.69, 9.17) is 19.9 Å². The molecule has 0 unspecified atom stereocenters. The highest BCUT2D eigenvalue weighted by Crippen LogP contribution is 2.57. The number of alkyl halides is 3. The maximum Gasteiger partial charge on any atom is 0.422 e. The molecule has 0 bridgehead atoms. The third-order valence-electron chi connectivity index (χ3n) is 8.45. The van der Waals surface area contributed by atoms with Crippen molar-refractivity contribution in [3.63, 3.8) is 0 Å². The Morgan fingerprint density at radius 3 is 2.40 bits per heavy atom. The lowest BCUT2D eigenvalue weighted by molar-refractivity contribution is -0.153. The van der Waals surface area contributed by atoms with Crippen molar-refractivity contribution < 1.29 is 42.1 Å². The predicted molar refractivity (Wildman–Crippen MR) is 166 cm³/mol. The molecule has 4 N–H and O–H groups in total. The van der Waals surface area contributed by atoms with Crippen molar-refractivity contribution >= 4 is 17.3 Å². The normalized spacial score (nSPS) is 20.7. The van der Waals surface area contributed by atoms with Gasteiger partial charge in [-0.25, -0.2) is 4.52 Å². The number of hydrogen-bond donors (Lipinski definition) is 3. The average Bonchev–Trinajstić information content (AvgIpc) is 3.39. The minimum Gasteiger partial charge on any atom is -0.490 e. The summed E-state index contributed by atoms with van der Waals surface area (Å²) in [5.74, 6) is 0.0309. The van der Waals surface area contributed by atoms with Crippen molar-refractivity contribution in [1.29, 1.82) is 0 Å². The van der Waals surface area contributed by atoms with E-state index < -0.39 is 24.3 Å². The van der Waals surface area contributed by atoms with Gasteiger partial charge in [0.1, 0.15) is 23.9 Å². The van der Waals surface area contributed by atoms with Crippen molar-refractivity contribution in [3.8, 4) is 28.4 Å². The van der Waals surface area contributed by atoms with Crippen molar-refractivity contribution in [2.75, 3.05) is 13.2 Å². The number of nitrogens with two attached hydrogens (primary N) is 1. The van der Waals surface area contributed by atoms with Gasteiger partial charge < -0.3 is 30.4 Å². The number of aliphatic hydroxyl groups is 1. The first-order chi connectivity index (χ1) is 22.2. The molecule has 0 aliphatic heterocycles. The first kappa shape index (κ1) is 32.2. The summed E-state index contributed by atoms with van der Waals surface area (Å²) in [6.07, 6.45) is 1.63. The van der Waals surface area contributed by atoms with Gasteiger partial charge in [-0.3, -0.25) is 9.59 Å². The van der Waals surface area contributed by atoms with Gasteiger partial charge in [-0.05, 0) is 92.5 Å². The van der Waals surface area contributed by atoms with E-state index in [0.29, 0.717) is 33.7 Å². The number of aromatic nitrogens is 2.